The summed E-state index contributed by atoms with van der Waals surface area (Å²) in [4.78, 5) is 4.08. The van der Waals surface area contributed by atoms with Crippen molar-refractivity contribution in [3.05, 3.63) is 22.9 Å². The quantitative estimate of drug-likeness (QED) is 0.873. The van der Waals surface area contributed by atoms with Gasteiger partial charge in [-0.2, -0.15) is 0 Å². The lowest BCUT2D eigenvalue weighted by Gasteiger charge is -2.34. The van der Waals surface area contributed by atoms with Crippen molar-refractivity contribution in [2.24, 2.45) is 0 Å². The van der Waals surface area contributed by atoms with Crippen LogP contribution in [0.1, 0.15) is 19.8 Å². The van der Waals surface area contributed by atoms with E-state index in [-0.39, 0.29) is 10.4 Å². The van der Waals surface area contributed by atoms with Gasteiger partial charge in [-0.25, -0.2) is 13.1 Å². The normalized spacial score (nSPS) is 19.7. The van der Waals surface area contributed by atoms with Crippen molar-refractivity contribution in [3.63, 3.8) is 0 Å². The van der Waals surface area contributed by atoms with Gasteiger partial charge in [-0.1, -0.05) is 0 Å². The van der Waals surface area contributed by atoms with E-state index in [0.29, 0.717) is 4.47 Å². The Balaban J connectivity index is 2.21. The molecule has 0 unspecified atom stereocenters. The maximum absolute atomic E-state index is 12.3. The Hall–Kier alpha value is -0.500. The van der Waals surface area contributed by atoms with Gasteiger partial charge in [0.25, 0.3) is 0 Å². The molecule has 0 atom stereocenters. The number of sulfonamides is 1. The van der Waals surface area contributed by atoms with E-state index in [0.717, 1.165) is 25.9 Å². The van der Waals surface area contributed by atoms with Crippen molar-refractivity contribution in [1.29, 1.82) is 0 Å². The molecule has 100 valence electrons. The molecule has 1 fully saturated rings. The molecule has 1 saturated heterocycles. The van der Waals surface area contributed by atoms with Gasteiger partial charge >= 0.3 is 0 Å². The highest BCUT2D eigenvalue weighted by atomic mass is 79.9. The highest BCUT2D eigenvalue weighted by Gasteiger charge is 2.32. The van der Waals surface area contributed by atoms with Crippen LogP contribution in [0.4, 0.5) is 0 Å². The van der Waals surface area contributed by atoms with Crippen molar-refractivity contribution in [1.82, 2.24) is 15.0 Å². The van der Waals surface area contributed by atoms with E-state index in [1.54, 1.807) is 12.3 Å². The average Bonchev–Trinajstić information content (AvgIpc) is 2.28. The summed E-state index contributed by atoms with van der Waals surface area (Å²) in [5.41, 5.74) is -0.383. The maximum Gasteiger partial charge on any atom is 0.242 e. The summed E-state index contributed by atoms with van der Waals surface area (Å²) in [5.74, 6) is 0. The minimum Gasteiger partial charge on any atom is -0.317 e. The molecule has 0 spiro atoms. The van der Waals surface area contributed by atoms with E-state index in [1.807, 2.05) is 6.92 Å². The molecule has 0 aromatic carbocycles. The number of aromatic nitrogens is 1. The first-order chi connectivity index (χ1) is 8.41. The first-order valence-corrected chi connectivity index (χ1v) is 8.04. The van der Waals surface area contributed by atoms with Crippen LogP contribution in [0.3, 0.4) is 0 Å². The van der Waals surface area contributed by atoms with Crippen LogP contribution in [0, 0.1) is 0 Å². The molecule has 2 heterocycles. The number of piperidine rings is 1. The standard InChI is InChI=1S/C11H16BrN3O2S/c1-11(2-4-13-5-3-11)15-18(16,17)10-6-9(12)7-14-8-10/h6-8,13,15H,2-5H2,1H3. The van der Waals surface area contributed by atoms with Crippen molar-refractivity contribution in [2.75, 3.05) is 13.1 Å². The molecule has 2 rings (SSSR count). The van der Waals surface area contributed by atoms with E-state index >= 15 is 0 Å². The Morgan fingerprint density at radius 3 is 2.67 bits per heavy atom. The molecule has 0 aliphatic carbocycles. The molecule has 1 aliphatic rings. The summed E-state index contributed by atoms with van der Waals surface area (Å²) in [6.07, 6.45) is 4.49. The smallest absolute Gasteiger partial charge is 0.242 e. The van der Waals surface area contributed by atoms with Gasteiger partial charge in [0.05, 0.1) is 0 Å². The Bertz CT molecular complexity index is 527. The van der Waals surface area contributed by atoms with Crippen LogP contribution < -0.4 is 10.0 Å². The SMILES string of the molecule is CC1(NS(=O)(=O)c2cncc(Br)c2)CCNCC1. The minimum atomic E-state index is -3.51. The number of halogens is 1. The fraction of sp³-hybridized carbons (Fsp3) is 0.545. The summed E-state index contributed by atoms with van der Waals surface area (Å²) >= 11 is 3.23. The number of hydrogen-bond acceptors (Lipinski definition) is 4. The van der Waals surface area contributed by atoms with Crippen LogP contribution in [0.5, 0.6) is 0 Å². The summed E-state index contributed by atoms with van der Waals surface area (Å²) in [7, 11) is -3.51. The minimum absolute atomic E-state index is 0.191. The van der Waals surface area contributed by atoms with Gasteiger partial charge in [0, 0.05) is 22.4 Å². The van der Waals surface area contributed by atoms with Gasteiger partial charge in [-0.05, 0) is 54.9 Å². The molecule has 1 aromatic rings. The summed E-state index contributed by atoms with van der Waals surface area (Å²) in [6, 6.07) is 1.56. The average molecular weight is 334 g/mol. The molecule has 1 aliphatic heterocycles. The van der Waals surface area contributed by atoms with Crippen molar-refractivity contribution < 1.29 is 8.42 Å². The van der Waals surface area contributed by atoms with Gasteiger partial charge in [0.1, 0.15) is 4.90 Å². The summed E-state index contributed by atoms with van der Waals surface area (Å²) < 4.78 is 28.0. The second-order valence-corrected chi connectivity index (χ2v) is 7.35. The highest BCUT2D eigenvalue weighted by Crippen LogP contribution is 2.22. The topological polar surface area (TPSA) is 71.1 Å². The lowest BCUT2D eigenvalue weighted by atomic mass is 9.92. The molecule has 7 heteroatoms. The molecule has 5 nitrogen and oxygen atoms in total. The first kappa shape index (κ1) is 13.9. The maximum atomic E-state index is 12.3. The molecule has 2 N–H and O–H groups in total. The van der Waals surface area contributed by atoms with Crippen LogP contribution in [0.15, 0.2) is 27.8 Å². The van der Waals surface area contributed by atoms with Crippen LogP contribution >= 0.6 is 15.9 Å². The van der Waals surface area contributed by atoms with Gasteiger partial charge in [0.15, 0.2) is 0 Å². The molecule has 0 bridgehead atoms. The summed E-state index contributed by atoms with van der Waals surface area (Å²) in [5, 5.41) is 3.22. The Morgan fingerprint density at radius 1 is 1.39 bits per heavy atom. The van der Waals surface area contributed by atoms with Crippen LogP contribution in [-0.4, -0.2) is 32.0 Å². The molecular formula is C11H16BrN3O2S. The lowest BCUT2D eigenvalue weighted by Crippen LogP contribution is -2.52. The summed E-state index contributed by atoms with van der Waals surface area (Å²) in [6.45, 7) is 3.60. The second kappa shape index (κ2) is 5.24. The fourth-order valence-corrected chi connectivity index (χ4v) is 3.97. The molecule has 18 heavy (non-hydrogen) atoms. The predicted molar refractivity (Wildman–Crippen MR) is 72.8 cm³/mol. The van der Waals surface area contributed by atoms with Gasteiger partial charge in [-0.15, -0.1) is 0 Å². The molecule has 0 amide bonds. The number of nitrogens with one attached hydrogen (secondary N) is 2. The van der Waals surface area contributed by atoms with E-state index in [1.165, 1.54) is 6.20 Å². The van der Waals surface area contributed by atoms with Crippen molar-refractivity contribution in [2.45, 2.75) is 30.2 Å². The largest absolute Gasteiger partial charge is 0.317 e. The monoisotopic (exact) mass is 333 g/mol. The predicted octanol–water partition coefficient (Wildman–Crippen LogP) is 1.26. The zero-order chi connectivity index (χ0) is 13.2. The number of nitrogens with zero attached hydrogens (tertiary/aromatic N) is 1. The van der Waals surface area contributed by atoms with Crippen molar-refractivity contribution >= 4 is 26.0 Å². The third kappa shape index (κ3) is 3.28. The van der Waals surface area contributed by atoms with E-state index in [2.05, 4.69) is 31.0 Å². The number of rotatable bonds is 3. The Morgan fingerprint density at radius 2 is 2.06 bits per heavy atom. The number of hydrogen-bond donors (Lipinski definition) is 2. The van der Waals surface area contributed by atoms with E-state index in [9.17, 15) is 8.42 Å². The van der Waals surface area contributed by atoms with Gasteiger partial charge in [-0.3, -0.25) is 4.98 Å². The highest BCUT2D eigenvalue weighted by molar-refractivity contribution is 9.10. The zero-order valence-electron chi connectivity index (χ0n) is 10.1. The van der Waals surface area contributed by atoms with Gasteiger partial charge < -0.3 is 5.32 Å². The van der Waals surface area contributed by atoms with E-state index in [4.69, 9.17) is 0 Å². The fourth-order valence-electron chi connectivity index (χ4n) is 2.00. The third-order valence-corrected chi connectivity index (χ3v) is 5.12. The second-order valence-electron chi connectivity index (χ2n) is 4.76. The lowest BCUT2D eigenvalue weighted by molar-refractivity contribution is 0.308. The molecule has 0 saturated carbocycles. The first-order valence-electron chi connectivity index (χ1n) is 5.77. The molecule has 0 radical (unpaired) electrons. The van der Waals surface area contributed by atoms with Crippen LogP contribution in [0.2, 0.25) is 0 Å². The van der Waals surface area contributed by atoms with Gasteiger partial charge in [0.2, 0.25) is 10.0 Å². The number of pyridine rings is 1. The molecular weight excluding hydrogens is 318 g/mol. The van der Waals surface area contributed by atoms with Crippen molar-refractivity contribution in [3.8, 4) is 0 Å². The Kier molecular flexibility index (Phi) is 4.05. The van der Waals surface area contributed by atoms with Crippen LogP contribution in [0.25, 0.3) is 0 Å². The molecule has 1 aromatic heterocycles. The zero-order valence-corrected chi connectivity index (χ0v) is 12.5. The van der Waals surface area contributed by atoms with Crippen LogP contribution in [-0.2, 0) is 10.0 Å². The Labute approximate surface area is 116 Å². The van der Waals surface area contributed by atoms with E-state index < -0.39 is 10.0 Å². The third-order valence-electron chi connectivity index (χ3n) is 3.08.